The molecule has 2 aromatic rings. The summed E-state index contributed by atoms with van der Waals surface area (Å²) in [4.78, 5) is 16.6. The van der Waals surface area contributed by atoms with Crippen LogP contribution in [0.15, 0.2) is 11.2 Å². The van der Waals surface area contributed by atoms with Gasteiger partial charge in [-0.05, 0) is 36.5 Å². The number of nitrogens with zero attached hydrogens (tertiary/aromatic N) is 8. The van der Waals surface area contributed by atoms with Crippen LogP contribution >= 0.6 is 11.8 Å². The van der Waals surface area contributed by atoms with Crippen LogP contribution in [0.5, 0.6) is 0 Å². The fraction of sp³-hybridized carbons (Fsp3) is 0.667. The Kier molecular flexibility index (Phi) is 5.69. The Bertz CT molecular complexity index is 727. The van der Waals surface area contributed by atoms with E-state index in [0.717, 1.165) is 37.4 Å². The highest BCUT2D eigenvalue weighted by Crippen LogP contribution is 2.18. The van der Waals surface area contributed by atoms with Crippen LogP contribution in [0.2, 0.25) is 0 Å². The number of carbonyl (C=O) groups is 1. The van der Waals surface area contributed by atoms with Gasteiger partial charge in [0, 0.05) is 20.1 Å². The van der Waals surface area contributed by atoms with Crippen LogP contribution in [-0.2, 0) is 31.5 Å². The number of aryl methyl sites for hydroxylation is 1. The highest BCUT2D eigenvalue weighted by Gasteiger charge is 2.23. The maximum absolute atomic E-state index is 12.5. The van der Waals surface area contributed by atoms with Crippen molar-refractivity contribution in [2.24, 2.45) is 7.05 Å². The minimum atomic E-state index is 0.102. The van der Waals surface area contributed by atoms with Gasteiger partial charge in [0.1, 0.15) is 0 Å². The number of thioether (sulfide) groups is 1. The van der Waals surface area contributed by atoms with Crippen LogP contribution in [0.3, 0.4) is 0 Å². The lowest BCUT2D eigenvalue weighted by Gasteiger charge is -2.27. The van der Waals surface area contributed by atoms with E-state index in [-0.39, 0.29) is 5.91 Å². The minimum absolute atomic E-state index is 0.102. The van der Waals surface area contributed by atoms with E-state index in [9.17, 15) is 4.79 Å². The molecule has 0 aliphatic carbocycles. The van der Waals surface area contributed by atoms with Gasteiger partial charge in [-0.25, -0.2) is 4.68 Å². The number of rotatable bonds is 7. The van der Waals surface area contributed by atoms with Gasteiger partial charge in [0.25, 0.3) is 0 Å². The third-order valence-electron chi connectivity index (χ3n) is 4.14. The Hall–Kier alpha value is -1.94. The van der Waals surface area contributed by atoms with Crippen molar-refractivity contribution >= 4 is 17.7 Å². The van der Waals surface area contributed by atoms with E-state index >= 15 is 0 Å². The highest BCUT2D eigenvalue weighted by molar-refractivity contribution is 7.99. The van der Waals surface area contributed by atoms with Crippen LogP contribution in [0.4, 0.5) is 0 Å². The average Bonchev–Trinajstić information content (AvgIpc) is 3.17. The fourth-order valence-corrected chi connectivity index (χ4v) is 3.67. The SMILES string of the molecule is CCCN(C)Cc1cc2n(n1)CCN(C(=O)CSc1nnnn1C)C2. The van der Waals surface area contributed by atoms with Crippen LogP contribution in [-0.4, -0.2) is 71.6 Å². The molecule has 0 saturated heterocycles. The molecule has 1 aliphatic rings. The lowest BCUT2D eigenvalue weighted by Crippen LogP contribution is -2.39. The molecule has 0 spiro atoms. The Morgan fingerprint density at radius 1 is 1.40 bits per heavy atom. The van der Waals surface area contributed by atoms with Crippen molar-refractivity contribution in [1.82, 2.24) is 39.8 Å². The highest BCUT2D eigenvalue weighted by atomic mass is 32.2. The molecule has 0 fully saturated rings. The zero-order valence-electron chi connectivity index (χ0n) is 14.9. The fourth-order valence-electron chi connectivity index (χ4n) is 2.91. The number of carbonyl (C=O) groups excluding carboxylic acids is 1. The molecule has 0 atom stereocenters. The van der Waals surface area contributed by atoms with Gasteiger partial charge >= 0.3 is 0 Å². The van der Waals surface area contributed by atoms with Crippen molar-refractivity contribution < 1.29 is 4.79 Å². The second-order valence-electron chi connectivity index (χ2n) is 6.28. The summed E-state index contributed by atoms with van der Waals surface area (Å²) in [6.45, 7) is 6.12. The molecule has 3 heterocycles. The van der Waals surface area contributed by atoms with Crippen LogP contribution in [0, 0.1) is 0 Å². The van der Waals surface area contributed by atoms with Crippen LogP contribution < -0.4 is 0 Å². The van der Waals surface area contributed by atoms with Gasteiger partial charge in [-0.2, -0.15) is 5.10 Å². The molecule has 9 nitrogen and oxygen atoms in total. The Balaban J connectivity index is 1.56. The summed E-state index contributed by atoms with van der Waals surface area (Å²) in [6.07, 6.45) is 1.13. The van der Waals surface area contributed by atoms with Gasteiger partial charge in [0.05, 0.1) is 30.2 Å². The first-order chi connectivity index (χ1) is 12.1. The van der Waals surface area contributed by atoms with Crippen molar-refractivity contribution in [1.29, 1.82) is 0 Å². The molecule has 2 aromatic heterocycles. The zero-order valence-corrected chi connectivity index (χ0v) is 15.7. The summed E-state index contributed by atoms with van der Waals surface area (Å²) in [5.74, 6) is 0.444. The van der Waals surface area contributed by atoms with Crippen molar-refractivity contribution in [3.63, 3.8) is 0 Å². The smallest absolute Gasteiger partial charge is 0.233 e. The molecule has 0 bridgehead atoms. The number of tetrazole rings is 1. The average molecular weight is 364 g/mol. The van der Waals surface area contributed by atoms with E-state index in [1.54, 1.807) is 11.7 Å². The number of aromatic nitrogens is 6. The van der Waals surface area contributed by atoms with E-state index < -0.39 is 0 Å². The summed E-state index contributed by atoms with van der Waals surface area (Å²) >= 11 is 1.36. The molecule has 0 unspecified atom stereocenters. The summed E-state index contributed by atoms with van der Waals surface area (Å²) in [7, 11) is 3.87. The lowest BCUT2D eigenvalue weighted by molar-refractivity contribution is -0.129. The molecule has 10 heteroatoms. The summed E-state index contributed by atoms with van der Waals surface area (Å²) in [5.41, 5.74) is 2.17. The molecular formula is C15H24N8OS. The molecule has 0 aromatic carbocycles. The van der Waals surface area contributed by atoms with Crippen molar-refractivity contribution in [2.45, 2.75) is 38.1 Å². The molecule has 3 rings (SSSR count). The normalized spacial score (nSPS) is 14.2. The summed E-state index contributed by atoms with van der Waals surface area (Å²) in [5, 5.41) is 16.6. The first kappa shape index (κ1) is 17.9. The summed E-state index contributed by atoms with van der Waals surface area (Å²) < 4.78 is 3.60. The number of hydrogen-bond acceptors (Lipinski definition) is 7. The maximum atomic E-state index is 12.5. The molecule has 136 valence electrons. The van der Waals surface area contributed by atoms with Crippen LogP contribution in [0.1, 0.15) is 24.7 Å². The van der Waals surface area contributed by atoms with Crippen LogP contribution in [0.25, 0.3) is 0 Å². The second kappa shape index (κ2) is 7.96. The van der Waals surface area contributed by atoms with E-state index in [1.807, 2.05) is 9.58 Å². The molecular weight excluding hydrogens is 340 g/mol. The van der Waals surface area contributed by atoms with E-state index in [2.05, 4.69) is 45.6 Å². The third kappa shape index (κ3) is 4.37. The topological polar surface area (TPSA) is 85.0 Å². The third-order valence-corrected chi connectivity index (χ3v) is 5.14. The maximum Gasteiger partial charge on any atom is 0.233 e. The van der Waals surface area contributed by atoms with Gasteiger partial charge in [-0.3, -0.25) is 9.48 Å². The van der Waals surface area contributed by atoms with Gasteiger partial charge < -0.3 is 9.80 Å². The van der Waals surface area contributed by atoms with E-state index in [4.69, 9.17) is 0 Å². The van der Waals surface area contributed by atoms with Gasteiger partial charge in [0.15, 0.2) is 0 Å². The molecule has 1 aliphatic heterocycles. The molecule has 0 radical (unpaired) electrons. The van der Waals surface area contributed by atoms with Gasteiger partial charge in [-0.15, -0.1) is 5.10 Å². The zero-order chi connectivity index (χ0) is 17.8. The molecule has 1 amide bonds. The number of amides is 1. The molecule has 25 heavy (non-hydrogen) atoms. The lowest BCUT2D eigenvalue weighted by atomic mass is 10.2. The number of hydrogen-bond donors (Lipinski definition) is 0. The standard InChI is InChI=1S/C15H24N8OS/c1-4-5-20(2)9-12-8-13-10-22(6-7-23(13)17-12)14(24)11-25-15-16-18-19-21(15)3/h8H,4-7,9-11H2,1-3H3. The first-order valence-corrected chi connectivity index (χ1v) is 9.42. The van der Waals surface area contributed by atoms with Gasteiger partial charge in [-0.1, -0.05) is 18.7 Å². The van der Waals surface area contributed by atoms with Crippen molar-refractivity contribution in [3.05, 3.63) is 17.5 Å². The summed E-state index contributed by atoms with van der Waals surface area (Å²) in [6, 6.07) is 2.12. The Morgan fingerprint density at radius 3 is 2.96 bits per heavy atom. The molecule has 0 saturated carbocycles. The Labute approximate surface area is 151 Å². The van der Waals surface area contributed by atoms with Crippen molar-refractivity contribution in [2.75, 3.05) is 25.9 Å². The first-order valence-electron chi connectivity index (χ1n) is 8.44. The van der Waals surface area contributed by atoms with E-state index in [0.29, 0.717) is 24.0 Å². The van der Waals surface area contributed by atoms with Crippen molar-refractivity contribution in [3.8, 4) is 0 Å². The van der Waals surface area contributed by atoms with Gasteiger partial charge in [0.2, 0.25) is 11.1 Å². The largest absolute Gasteiger partial charge is 0.334 e. The number of fused-ring (bicyclic) bond motifs is 1. The van der Waals surface area contributed by atoms with E-state index in [1.165, 1.54) is 11.8 Å². The molecule has 0 N–H and O–H groups in total. The monoisotopic (exact) mass is 364 g/mol. The second-order valence-corrected chi connectivity index (χ2v) is 7.22. The minimum Gasteiger partial charge on any atom is -0.334 e. The quantitative estimate of drug-likeness (QED) is 0.657. The predicted molar refractivity (Wildman–Crippen MR) is 93.8 cm³/mol. The predicted octanol–water partition coefficient (Wildman–Crippen LogP) is 0.383. The Morgan fingerprint density at radius 2 is 2.24 bits per heavy atom.